The van der Waals surface area contributed by atoms with E-state index in [0.717, 1.165) is 25.7 Å². The van der Waals surface area contributed by atoms with Crippen LogP contribution in [0.4, 0.5) is 0 Å². The van der Waals surface area contributed by atoms with Crippen LogP contribution in [0.3, 0.4) is 0 Å². The van der Waals surface area contributed by atoms with Crippen molar-refractivity contribution in [3.05, 3.63) is 17.1 Å². The van der Waals surface area contributed by atoms with Gasteiger partial charge in [0.25, 0.3) is 0 Å². The first-order valence-corrected chi connectivity index (χ1v) is 15.4. The van der Waals surface area contributed by atoms with Gasteiger partial charge in [0.1, 0.15) is 6.54 Å². The van der Waals surface area contributed by atoms with Crippen LogP contribution < -0.4 is 4.57 Å². The lowest BCUT2D eigenvalue weighted by atomic mass is 9.97. The van der Waals surface area contributed by atoms with E-state index in [1.165, 1.54) is 129 Å². The van der Waals surface area contributed by atoms with Gasteiger partial charge in [-0.25, -0.2) is 0 Å². The number of rotatable bonds is 23. The molecule has 0 aromatic carbocycles. The third-order valence-corrected chi connectivity index (χ3v) is 7.84. The summed E-state index contributed by atoms with van der Waals surface area (Å²) < 4.78 is 14.2. The maximum absolute atomic E-state index is 5.99. The lowest BCUT2D eigenvalue weighted by molar-refractivity contribution is -0.692. The van der Waals surface area contributed by atoms with E-state index >= 15 is 0 Å². The van der Waals surface area contributed by atoms with Gasteiger partial charge in [-0.2, -0.15) is 4.57 Å². The molecule has 1 fully saturated rings. The summed E-state index contributed by atoms with van der Waals surface area (Å²) in [6.07, 6.45) is 28.8. The molecule has 0 unspecified atom stereocenters. The van der Waals surface area contributed by atoms with Crippen LogP contribution in [0, 0.1) is 5.92 Å². The van der Waals surface area contributed by atoms with Crippen LogP contribution in [-0.2, 0) is 16.0 Å². The highest BCUT2D eigenvalue weighted by Crippen LogP contribution is 2.25. The first kappa shape index (κ1) is 28.8. The number of nitrogens with zero attached hydrogens (tertiary/aromatic N) is 1. The number of thiazole rings is 1. The average molecular weight is 481 g/mol. The second kappa shape index (κ2) is 20.9. The van der Waals surface area contributed by atoms with Crippen molar-refractivity contribution in [2.45, 2.75) is 142 Å². The zero-order chi connectivity index (χ0) is 23.2. The normalized spacial score (nSPS) is 18.3. The third-order valence-electron chi connectivity index (χ3n) is 7.17. The first-order chi connectivity index (χ1) is 16.4. The fraction of sp³-hybridized carbons (Fsp3) is 0.897. The highest BCUT2D eigenvalue weighted by atomic mass is 32.1. The molecule has 0 aliphatic carbocycles. The maximum atomic E-state index is 5.99. The monoisotopic (exact) mass is 480 g/mol. The van der Waals surface area contributed by atoms with Crippen molar-refractivity contribution in [2.75, 3.05) is 19.8 Å². The minimum Gasteiger partial charge on any atom is -0.379 e. The van der Waals surface area contributed by atoms with Gasteiger partial charge < -0.3 is 9.47 Å². The van der Waals surface area contributed by atoms with E-state index in [2.05, 4.69) is 28.6 Å². The van der Waals surface area contributed by atoms with Gasteiger partial charge in [0, 0.05) is 19.6 Å². The van der Waals surface area contributed by atoms with E-state index in [-0.39, 0.29) is 0 Å². The van der Waals surface area contributed by atoms with E-state index in [9.17, 15) is 0 Å². The molecule has 192 valence electrons. The Hall–Kier alpha value is -0.450. The standard InChI is InChI=1S/C29H54NO2S/c1-2-3-4-5-6-7-8-9-10-11-13-16-19-28-24-29(32-25-28)26-31-22-18-15-12-14-17-20-30-21-23-33-27-30/h21,23,27-29H,2-20,22,24-26H2,1H3/q+1/t28-,29+/m1/s1. The van der Waals surface area contributed by atoms with Crippen molar-refractivity contribution in [3.8, 4) is 0 Å². The van der Waals surface area contributed by atoms with Gasteiger partial charge in [0.05, 0.1) is 18.1 Å². The Balaban J connectivity index is 1.27. The fourth-order valence-corrected chi connectivity index (χ4v) is 5.63. The number of aromatic nitrogens is 1. The number of aryl methyl sites for hydroxylation is 1. The summed E-state index contributed by atoms with van der Waals surface area (Å²) >= 11 is 1.77. The predicted molar refractivity (Wildman–Crippen MR) is 142 cm³/mol. The molecule has 1 aliphatic heterocycles. The van der Waals surface area contributed by atoms with E-state index in [0.29, 0.717) is 6.10 Å². The molecule has 0 bridgehead atoms. The molecular weight excluding hydrogens is 426 g/mol. The fourth-order valence-electron chi connectivity index (χ4n) is 5.00. The molecule has 3 nitrogen and oxygen atoms in total. The second-order valence-electron chi connectivity index (χ2n) is 10.3. The zero-order valence-corrected chi connectivity index (χ0v) is 22.6. The van der Waals surface area contributed by atoms with Gasteiger partial charge in [-0.3, -0.25) is 0 Å². The zero-order valence-electron chi connectivity index (χ0n) is 21.8. The van der Waals surface area contributed by atoms with Gasteiger partial charge in [0.2, 0.25) is 5.51 Å². The van der Waals surface area contributed by atoms with Crippen LogP contribution in [-0.4, -0.2) is 25.9 Å². The van der Waals surface area contributed by atoms with Crippen molar-refractivity contribution in [2.24, 2.45) is 5.92 Å². The number of hydrogen-bond acceptors (Lipinski definition) is 3. The van der Waals surface area contributed by atoms with Gasteiger partial charge in [-0.15, -0.1) is 0 Å². The summed E-state index contributed by atoms with van der Waals surface area (Å²) in [4.78, 5) is 0. The van der Waals surface area contributed by atoms with Gasteiger partial charge >= 0.3 is 0 Å². The summed E-state index contributed by atoms with van der Waals surface area (Å²) in [5.41, 5.74) is 2.20. The van der Waals surface area contributed by atoms with Crippen molar-refractivity contribution in [3.63, 3.8) is 0 Å². The maximum Gasteiger partial charge on any atom is 0.224 e. The Bertz CT molecular complexity index is 522. The first-order valence-electron chi connectivity index (χ1n) is 14.5. The molecule has 0 N–H and O–H groups in total. The van der Waals surface area contributed by atoms with Gasteiger partial charge in [0.15, 0.2) is 6.20 Å². The second-order valence-corrected chi connectivity index (χ2v) is 11.1. The minimum absolute atomic E-state index is 0.356. The third kappa shape index (κ3) is 16.0. The highest BCUT2D eigenvalue weighted by Gasteiger charge is 2.24. The quantitative estimate of drug-likeness (QED) is 0.116. The Morgan fingerprint density at radius 1 is 0.818 bits per heavy atom. The van der Waals surface area contributed by atoms with Crippen LogP contribution in [0.2, 0.25) is 0 Å². The van der Waals surface area contributed by atoms with Crippen LogP contribution in [0.15, 0.2) is 17.1 Å². The van der Waals surface area contributed by atoms with Crippen molar-refractivity contribution in [1.29, 1.82) is 0 Å². The SMILES string of the molecule is CCCCCCCCCCCCCC[C@H]1CO[C@H](COCCCCCCC[n+]2ccsc2)C1. The van der Waals surface area contributed by atoms with E-state index < -0.39 is 0 Å². The summed E-state index contributed by atoms with van der Waals surface area (Å²) in [5, 5.41) is 2.15. The van der Waals surface area contributed by atoms with E-state index in [4.69, 9.17) is 9.47 Å². The molecule has 0 radical (unpaired) electrons. The van der Waals surface area contributed by atoms with Crippen LogP contribution in [0.5, 0.6) is 0 Å². The molecule has 1 aromatic heterocycles. The number of ether oxygens (including phenoxy) is 2. The Kier molecular flexibility index (Phi) is 18.2. The summed E-state index contributed by atoms with van der Waals surface area (Å²) in [6.45, 7) is 6.14. The van der Waals surface area contributed by atoms with Crippen molar-refractivity contribution >= 4 is 11.3 Å². The summed E-state index contributed by atoms with van der Waals surface area (Å²) in [6, 6.07) is 0. The van der Waals surface area contributed by atoms with Crippen LogP contribution >= 0.6 is 11.3 Å². The summed E-state index contributed by atoms with van der Waals surface area (Å²) in [7, 11) is 0. The van der Waals surface area contributed by atoms with Crippen LogP contribution in [0.25, 0.3) is 0 Å². The van der Waals surface area contributed by atoms with E-state index in [1.807, 2.05) is 0 Å². The molecule has 1 aromatic rings. The lowest BCUT2D eigenvalue weighted by Crippen LogP contribution is -2.29. The van der Waals surface area contributed by atoms with E-state index in [1.54, 1.807) is 11.3 Å². The predicted octanol–water partition coefficient (Wildman–Crippen LogP) is 8.50. The molecule has 2 heterocycles. The minimum atomic E-state index is 0.356. The molecule has 1 saturated heterocycles. The topological polar surface area (TPSA) is 22.3 Å². The average Bonchev–Trinajstić information content (AvgIpc) is 3.51. The molecule has 2 atom stereocenters. The lowest BCUT2D eigenvalue weighted by Gasteiger charge is -2.10. The molecule has 0 saturated carbocycles. The number of unbranched alkanes of at least 4 members (excludes halogenated alkanes) is 15. The largest absolute Gasteiger partial charge is 0.379 e. The van der Waals surface area contributed by atoms with Gasteiger partial charge in [-0.05, 0) is 31.6 Å². The van der Waals surface area contributed by atoms with Crippen LogP contribution in [0.1, 0.15) is 129 Å². The molecule has 4 heteroatoms. The molecule has 2 rings (SSSR count). The Labute approximate surface area is 209 Å². The molecule has 0 spiro atoms. The highest BCUT2D eigenvalue weighted by molar-refractivity contribution is 7.07. The Morgan fingerprint density at radius 3 is 2.12 bits per heavy atom. The Morgan fingerprint density at radius 2 is 1.45 bits per heavy atom. The van der Waals surface area contributed by atoms with Crippen molar-refractivity contribution < 1.29 is 14.0 Å². The molecule has 33 heavy (non-hydrogen) atoms. The van der Waals surface area contributed by atoms with Gasteiger partial charge in [-0.1, -0.05) is 108 Å². The summed E-state index contributed by atoms with van der Waals surface area (Å²) in [5.74, 6) is 0.780. The smallest absolute Gasteiger partial charge is 0.224 e. The van der Waals surface area contributed by atoms with Crippen molar-refractivity contribution in [1.82, 2.24) is 0 Å². The molecule has 1 aliphatic rings. The molecule has 0 amide bonds. The number of hydrogen-bond donors (Lipinski definition) is 0. The molecular formula is C29H54NO2S+.